The summed E-state index contributed by atoms with van der Waals surface area (Å²) in [5.41, 5.74) is 0.941. The van der Waals surface area contributed by atoms with Gasteiger partial charge in [-0.2, -0.15) is 0 Å². The number of hydrogen-bond donors (Lipinski definition) is 4. The predicted octanol–water partition coefficient (Wildman–Crippen LogP) is 0.617. The van der Waals surface area contributed by atoms with E-state index < -0.39 is 0 Å². The molecule has 2 rings (SSSR count). The predicted molar refractivity (Wildman–Crippen MR) is 81.1 cm³/mol. The molecule has 3 amide bonds. The first-order valence-corrected chi connectivity index (χ1v) is 7.27. The SMILES string of the molecule is O=C(CNC(=O)NCc1ccc(Cl)cc1)NC1CCNC1. The van der Waals surface area contributed by atoms with E-state index in [0.29, 0.717) is 11.6 Å². The number of benzene rings is 1. The van der Waals surface area contributed by atoms with Crippen LogP contribution in [0.25, 0.3) is 0 Å². The number of hydrogen-bond acceptors (Lipinski definition) is 3. The zero-order valence-corrected chi connectivity index (χ0v) is 12.4. The molecule has 7 heteroatoms. The quantitative estimate of drug-likeness (QED) is 0.643. The van der Waals surface area contributed by atoms with Gasteiger partial charge in [-0.05, 0) is 30.7 Å². The summed E-state index contributed by atoms with van der Waals surface area (Å²) in [6.07, 6.45) is 0.925. The molecule has 1 aromatic carbocycles. The van der Waals surface area contributed by atoms with Crippen LogP contribution in [0.2, 0.25) is 5.02 Å². The summed E-state index contributed by atoms with van der Waals surface area (Å²) in [6.45, 7) is 2.06. The molecule has 0 saturated carbocycles. The molecule has 0 aromatic heterocycles. The fourth-order valence-corrected chi connectivity index (χ4v) is 2.19. The number of amides is 3. The van der Waals surface area contributed by atoms with Gasteiger partial charge in [-0.15, -0.1) is 0 Å². The fraction of sp³-hybridized carbons (Fsp3) is 0.429. The van der Waals surface area contributed by atoms with E-state index in [1.54, 1.807) is 12.1 Å². The summed E-state index contributed by atoms with van der Waals surface area (Å²) in [4.78, 5) is 23.2. The van der Waals surface area contributed by atoms with E-state index in [-0.39, 0.29) is 24.5 Å². The fourth-order valence-electron chi connectivity index (χ4n) is 2.06. The van der Waals surface area contributed by atoms with E-state index in [4.69, 9.17) is 11.6 Å². The molecule has 4 N–H and O–H groups in total. The summed E-state index contributed by atoms with van der Waals surface area (Å²) in [5, 5.41) is 11.9. The summed E-state index contributed by atoms with van der Waals surface area (Å²) in [7, 11) is 0. The molecule has 21 heavy (non-hydrogen) atoms. The number of nitrogens with one attached hydrogen (secondary N) is 4. The van der Waals surface area contributed by atoms with Crippen molar-refractivity contribution in [1.29, 1.82) is 0 Å². The van der Waals surface area contributed by atoms with Crippen molar-refractivity contribution in [3.05, 3.63) is 34.9 Å². The third-order valence-electron chi connectivity index (χ3n) is 3.20. The van der Waals surface area contributed by atoms with E-state index in [9.17, 15) is 9.59 Å². The maximum atomic E-state index is 11.6. The maximum Gasteiger partial charge on any atom is 0.315 e. The highest BCUT2D eigenvalue weighted by atomic mass is 35.5. The Morgan fingerprint density at radius 3 is 2.67 bits per heavy atom. The monoisotopic (exact) mass is 310 g/mol. The van der Waals surface area contributed by atoms with Crippen LogP contribution in [0.3, 0.4) is 0 Å². The topological polar surface area (TPSA) is 82.3 Å². The summed E-state index contributed by atoms with van der Waals surface area (Å²) < 4.78 is 0. The van der Waals surface area contributed by atoms with Crippen LogP contribution in [-0.4, -0.2) is 37.6 Å². The third-order valence-corrected chi connectivity index (χ3v) is 3.45. The average molecular weight is 311 g/mol. The van der Waals surface area contributed by atoms with E-state index in [2.05, 4.69) is 21.3 Å². The molecular weight excluding hydrogens is 292 g/mol. The second kappa shape index (κ2) is 7.85. The first-order valence-electron chi connectivity index (χ1n) is 6.90. The Bertz CT molecular complexity index is 486. The molecule has 1 fully saturated rings. The first kappa shape index (κ1) is 15.6. The van der Waals surface area contributed by atoms with Crippen LogP contribution in [0, 0.1) is 0 Å². The molecule has 1 unspecified atom stereocenters. The van der Waals surface area contributed by atoms with Crippen LogP contribution in [0.5, 0.6) is 0 Å². The van der Waals surface area contributed by atoms with Gasteiger partial charge in [0.25, 0.3) is 0 Å². The lowest BCUT2D eigenvalue weighted by atomic mass is 10.2. The molecule has 114 valence electrons. The van der Waals surface area contributed by atoms with Gasteiger partial charge in [0, 0.05) is 24.2 Å². The summed E-state index contributed by atoms with van der Waals surface area (Å²) in [5.74, 6) is -0.176. The first-order chi connectivity index (χ1) is 10.1. The molecule has 0 spiro atoms. The Morgan fingerprint density at radius 1 is 1.24 bits per heavy atom. The van der Waals surface area contributed by atoms with Crippen molar-refractivity contribution in [2.75, 3.05) is 19.6 Å². The number of carbonyl (C=O) groups excluding carboxylic acids is 2. The zero-order valence-electron chi connectivity index (χ0n) is 11.6. The van der Waals surface area contributed by atoms with Gasteiger partial charge in [-0.1, -0.05) is 23.7 Å². The number of rotatable bonds is 5. The molecule has 1 atom stereocenters. The standard InChI is InChI=1S/C14H19ClN4O2/c15-11-3-1-10(2-4-11)7-17-14(21)18-9-13(20)19-12-5-6-16-8-12/h1-4,12,16H,5-9H2,(H,19,20)(H2,17,18,21). The van der Waals surface area contributed by atoms with Crippen molar-refractivity contribution in [1.82, 2.24) is 21.3 Å². The van der Waals surface area contributed by atoms with Crippen molar-refractivity contribution in [3.63, 3.8) is 0 Å². The second-order valence-electron chi connectivity index (χ2n) is 4.92. The van der Waals surface area contributed by atoms with E-state index >= 15 is 0 Å². The summed E-state index contributed by atoms with van der Waals surface area (Å²) >= 11 is 5.78. The molecule has 0 radical (unpaired) electrons. The molecule has 1 saturated heterocycles. The van der Waals surface area contributed by atoms with Crippen molar-refractivity contribution < 1.29 is 9.59 Å². The molecule has 0 bridgehead atoms. The Morgan fingerprint density at radius 2 is 2.00 bits per heavy atom. The van der Waals surface area contributed by atoms with Crippen LogP contribution < -0.4 is 21.3 Å². The largest absolute Gasteiger partial charge is 0.351 e. The summed E-state index contributed by atoms with van der Waals surface area (Å²) in [6, 6.07) is 6.99. The van der Waals surface area contributed by atoms with E-state index in [0.717, 1.165) is 25.1 Å². The highest BCUT2D eigenvalue weighted by Gasteiger charge is 2.16. The minimum absolute atomic E-state index is 0.0249. The lowest BCUT2D eigenvalue weighted by Crippen LogP contribution is -2.45. The highest BCUT2D eigenvalue weighted by molar-refractivity contribution is 6.30. The Kier molecular flexibility index (Phi) is 5.83. The Balaban J connectivity index is 1.62. The van der Waals surface area contributed by atoms with Gasteiger partial charge in [-0.3, -0.25) is 4.79 Å². The minimum Gasteiger partial charge on any atom is -0.351 e. The molecule has 1 aromatic rings. The highest BCUT2D eigenvalue weighted by Crippen LogP contribution is 2.08. The van der Waals surface area contributed by atoms with E-state index in [1.165, 1.54) is 0 Å². The molecule has 1 heterocycles. The number of halogens is 1. The molecule has 6 nitrogen and oxygen atoms in total. The molecule has 1 aliphatic heterocycles. The van der Waals surface area contributed by atoms with Gasteiger partial charge in [0.05, 0.1) is 6.54 Å². The molecule has 1 aliphatic rings. The third kappa shape index (κ3) is 5.61. The van der Waals surface area contributed by atoms with Crippen LogP contribution >= 0.6 is 11.6 Å². The minimum atomic E-state index is -0.371. The van der Waals surface area contributed by atoms with Crippen molar-refractivity contribution in [3.8, 4) is 0 Å². The van der Waals surface area contributed by atoms with Gasteiger partial charge in [0.15, 0.2) is 0 Å². The van der Waals surface area contributed by atoms with Crippen molar-refractivity contribution in [2.24, 2.45) is 0 Å². The lowest BCUT2D eigenvalue weighted by Gasteiger charge is -2.12. The molecular formula is C14H19ClN4O2. The van der Waals surface area contributed by atoms with Gasteiger partial charge >= 0.3 is 6.03 Å². The Hall–Kier alpha value is -1.79. The van der Waals surface area contributed by atoms with E-state index in [1.807, 2.05) is 12.1 Å². The van der Waals surface area contributed by atoms with Gasteiger partial charge in [0.2, 0.25) is 5.91 Å². The van der Waals surface area contributed by atoms with Crippen molar-refractivity contribution >= 4 is 23.5 Å². The number of urea groups is 1. The Labute approximate surface area is 128 Å². The maximum absolute atomic E-state index is 11.6. The lowest BCUT2D eigenvalue weighted by molar-refractivity contribution is -0.120. The second-order valence-corrected chi connectivity index (χ2v) is 5.36. The smallest absolute Gasteiger partial charge is 0.315 e. The van der Waals surface area contributed by atoms with Crippen molar-refractivity contribution in [2.45, 2.75) is 19.0 Å². The average Bonchev–Trinajstić information content (AvgIpc) is 2.97. The molecule has 0 aliphatic carbocycles. The zero-order chi connectivity index (χ0) is 15.1. The normalized spacial score (nSPS) is 17.3. The van der Waals surface area contributed by atoms with Crippen LogP contribution in [0.4, 0.5) is 4.79 Å². The van der Waals surface area contributed by atoms with Gasteiger partial charge in [0.1, 0.15) is 0 Å². The van der Waals surface area contributed by atoms with Crippen LogP contribution in [0.15, 0.2) is 24.3 Å². The van der Waals surface area contributed by atoms with Gasteiger partial charge in [-0.25, -0.2) is 4.79 Å². The number of carbonyl (C=O) groups is 2. The van der Waals surface area contributed by atoms with Crippen LogP contribution in [-0.2, 0) is 11.3 Å². The van der Waals surface area contributed by atoms with Gasteiger partial charge < -0.3 is 21.3 Å². The van der Waals surface area contributed by atoms with Crippen LogP contribution in [0.1, 0.15) is 12.0 Å².